The summed E-state index contributed by atoms with van der Waals surface area (Å²) in [5.41, 5.74) is 1.70. The Morgan fingerprint density at radius 1 is 1.22 bits per heavy atom. The molecule has 0 bridgehead atoms. The van der Waals surface area contributed by atoms with E-state index in [4.69, 9.17) is 0 Å². The molecule has 2 rings (SSSR count). The number of amides is 1. The fourth-order valence-electron chi connectivity index (χ4n) is 2.35. The summed E-state index contributed by atoms with van der Waals surface area (Å²) < 4.78 is 0. The molecule has 1 aromatic carbocycles. The van der Waals surface area contributed by atoms with Gasteiger partial charge >= 0.3 is 0 Å². The Kier molecular flexibility index (Phi) is 5.88. The fourth-order valence-corrected chi connectivity index (χ4v) is 2.35. The van der Waals surface area contributed by atoms with Crippen LogP contribution in [0.1, 0.15) is 37.1 Å². The molecular formula is C19H24N2O2. The third kappa shape index (κ3) is 5.18. The number of hydrogen-bond donors (Lipinski definition) is 2. The second-order valence-electron chi connectivity index (χ2n) is 5.95. The highest BCUT2D eigenvalue weighted by molar-refractivity contribution is 5.84. The van der Waals surface area contributed by atoms with Crippen LogP contribution in [0.4, 0.5) is 0 Å². The Hall–Kier alpha value is -2.20. The molecule has 0 aliphatic heterocycles. The maximum Gasteiger partial charge on any atom is 0.252 e. The van der Waals surface area contributed by atoms with Gasteiger partial charge < -0.3 is 10.4 Å². The van der Waals surface area contributed by atoms with Crippen molar-refractivity contribution in [2.75, 3.05) is 0 Å². The van der Waals surface area contributed by atoms with Gasteiger partial charge in [-0.2, -0.15) is 0 Å². The monoisotopic (exact) mass is 312 g/mol. The Labute approximate surface area is 137 Å². The van der Waals surface area contributed by atoms with E-state index < -0.39 is 5.60 Å². The van der Waals surface area contributed by atoms with E-state index in [1.165, 1.54) is 5.56 Å². The summed E-state index contributed by atoms with van der Waals surface area (Å²) in [5, 5.41) is 13.2. The molecule has 0 radical (unpaired) electrons. The van der Waals surface area contributed by atoms with Gasteiger partial charge in [0.25, 0.3) is 5.91 Å². The lowest BCUT2D eigenvalue weighted by atomic mass is 9.96. The summed E-state index contributed by atoms with van der Waals surface area (Å²) in [6.45, 7) is 3.96. The second-order valence-corrected chi connectivity index (χ2v) is 5.95. The number of nitrogens with one attached hydrogen (secondary N) is 1. The van der Waals surface area contributed by atoms with Gasteiger partial charge in [0, 0.05) is 6.20 Å². The summed E-state index contributed by atoms with van der Waals surface area (Å²) in [6, 6.07) is 13.8. The quantitative estimate of drug-likeness (QED) is 0.826. The van der Waals surface area contributed by atoms with E-state index in [0.717, 1.165) is 17.7 Å². The lowest BCUT2D eigenvalue weighted by Crippen LogP contribution is -2.44. The van der Waals surface area contributed by atoms with Crippen LogP contribution in [0, 0.1) is 0 Å². The molecule has 0 unspecified atom stereocenters. The summed E-state index contributed by atoms with van der Waals surface area (Å²) in [7, 11) is 0. The van der Waals surface area contributed by atoms with E-state index in [1.54, 1.807) is 13.1 Å². The third-order valence-electron chi connectivity index (χ3n) is 3.95. The molecule has 23 heavy (non-hydrogen) atoms. The van der Waals surface area contributed by atoms with Crippen molar-refractivity contribution in [1.29, 1.82) is 0 Å². The normalized spacial score (nSPS) is 13.3. The second kappa shape index (κ2) is 7.88. The molecule has 1 heterocycles. The number of aliphatic hydroxyl groups is 1. The first-order valence-corrected chi connectivity index (χ1v) is 7.99. The van der Waals surface area contributed by atoms with E-state index in [2.05, 4.69) is 17.2 Å². The standard InChI is InChI=1S/C19H24N2O2/c1-3-15-10-12-20-17(13-15)14-21-18(22)19(2,23)11-9-16-7-5-4-6-8-16/h4-8,10,12-13,23H,3,9,11,14H2,1-2H3,(H,21,22)/t19-/m1/s1. The molecule has 122 valence electrons. The fraction of sp³-hybridized carbons (Fsp3) is 0.368. The van der Waals surface area contributed by atoms with Crippen molar-refractivity contribution in [3.05, 3.63) is 65.5 Å². The van der Waals surface area contributed by atoms with Crippen molar-refractivity contribution in [1.82, 2.24) is 10.3 Å². The van der Waals surface area contributed by atoms with Crippen LogP contribution in [-0.4, -0.2) is 21.6 Å². The summed E-state index contributed by atoms with van der Waals surface area (Å²) >= 11 is 0. The summed E-state index contributed by atoms with van der Waals surface area (Å²) in [4.78, 5) is 16.5. The van der Waals surface area contributed by atoms with Crippen LogP contribution in [0.3, 0.4) is 0 Å². The molecule has 4 nitrogen and oxygen atoms in total. The highest BCUT2D eigenvalue weighted by Crippen LogP contribution is 2.14. The van der Waals surface area contributed by atoms with Crippen LogP contribution in [0.5, 0.6) is 0 Å². The molecule has 0 saturated heterocycles. The van der Waals surface area contributed by atoms with Crippen LogP contribution in [0.15, 0.2) is 48.7 Å². The van der Waals surface area contributed by atoms with Crippen molar-refractivity contribution in [2.45, 2.75) is 45.3 Å². The molecule has 0 saturated carbocycles. The molecular weight excluding hydrogens is 288 g/mol. The Balaban J connectivity index is 1.87. The molecule has 2 N–H and O–H groups in total. The zero-order valence-corrected chi connectivity index (χ0v) is 13.7. The molecule has 0 fully saturated rings. The van der Waals surface area contributed by atoms with Crippen LogP contribution < -0.4 is 5.32 Å². The molecule has 0 aliphatic rings. The topological polar surface area (TPSA) is 62.2 Å². The minimum atomic E-state index is -1.39. The predicted molar refractivity (Wildman–Crippen MR) is 90.8 cm³/mol. The lowest BCUT2D eigenvalue weighted by Gasteiger charge is -2.22. The average Bonchev–Trinajstić information content (AvgIpc) is 2.59. The van der Waals surface area contributed by atoms with Crippen molar-refractivity contribution in [2.24, 2.45) is 0 Å². The first-order valence-electron chi connectivity index (χ1n) is 7.99. The van der Waals surface area contributed by atoms with Crippen molar-refractivity contribution in [3.63, 3.8) is 0 Å². The van der Waals surface area contributed by atoms with Crippen LogP contribution in [0.25, 0.3) is 0 Å². The molecule has 2 aromatic rings. The first-order chi connectivity index (χ1) is 11.0. The van der Waals surface area contributed by atoms with E-state index in [9.17, 15) is 9.90 Å². The summed E-state index contributed by atoms with van der Waals surface area (Å²) in [6.07, 6.45) is 3.71. The van der Waals surface area contributed by atoms with E-state index in [1.807, 2.05) is 42.5 Å². The zero-order chi connectivity index (χ0) is 16.7. The average molecular weight is 312 g/mol. The highest BCUT2D eigenvalue weighted by atomic mass is 16.3. The minimum absolute atomic E-state index is 0.328. The number of benzene rings is 1. The molecule has 0 spiro atoms. The number of aromatic nitrogens is 1. The molecule has 1 atom stereocenters. The van der Waals surface area contributed by atoms with Gasteiger partial charge in [-0.25, -0.2) is 0 Å². The molecule has 1 amide bonds. The number of carbonyl (C=O) groups is 1. The number of hydrogen-bond acceptors (Lipinski definition) is 3. The van der Waals surface area contributed by atoms with Gasteiger partial charge in [0.05, 0.1) is 12.2 Å². The Morgan fingerprint density at radius 3 is 2.65 bits per heavy atom. The van der Waals surface area contributed by atoms with Gasteiger partial charge in [-0.1, -0.05) is 37.3 Å². The third-order valence-corrected chi connectivity index (χ3v) is 3.95. The Bertz CT molecular complexity index is 639. The van der Waals surface area contributed by atoms with Crippen LogP contribution in [-0.2, 0) is 24.2 Å². The van der Waals surface area contributed by atoms with Gasteiger partial charge in [0.1, 0.15) is 5.60 Å². The lowest BCUT2D eigenvalue weighted by molar-refractivity contribution is -0.138. The van der Waals surface area contributed by atoms with E-state index in [-0.39, 0.29) is 5.91 Å². The Morgan fingerprint density at radius 2 is 1.96 bits per heavy atom. The molecule has 1 aromatic heterocycles. The molecule has 0 aliphatic carbocycles. The predicted octanol–water partition coefficient (Wildman–Crippen LogP) is 2.64. The maximum atomic E-state index is 12.2. The van der Waals surface area contributed by atoms with Crippen LogP contribution >= 0.6 is 0 Å². The summed E-state index contributed by atoms with van der Waals surface area (Å²) in [5.74, 6) is -0.364. The van der Waals surface area contributed by atoms with Gasteiger partial charge in [-0.15, -0.1) is 0 Å². The van der Waals surface area contributed by atoms with Gasteiger partial charge in [0.2, 0.25) is 0 Å². The van der Waals surface area contributed by atoms with Gasteiger partial charge in [-0.05, 0) is 49.4 Å². The number of carbonyl (C=O) groups excluding carboxylic acids is 1. The van der Waals surface area contributed by atoms with E-state index >= 15 is 0 Å². The zero-order valence-electron chi connectivity index (χ0n) is 13.7. The van der Waals surface area contributed by atoms with Crippen molar-refractivity contribution < 1.29 is 9.90 Å². The number of pyridine rings is 1. The van der Waals surface area contributed by atoms with Crippen LogP contribution in [0.2, 0.25) is 0 Å². The van der Waals surface area contributed by atoms with Crippen molar-refractivity contribution in [3.8, 4) is 0 Å². The van der Waals surface area contributed by atoms with Gasteiger partial charge in [0.15, 0.2) is 0 Å². The SMILES string of the molecule is CCc1ccnc(CNC(=O)[C@](C)(O)CCc2ccccc2)c1. The maximum absolute atomic E-state index is 12.2. The van der Waals surface area contributed by atoms with Gasteiger partial charge in [-0.3, -0.25) is 9.78 Å². The smallest absolute Gasteiger partial charge is 0.252 e. The number of nitrogens with zero attached hydrogens (tertiary/aromatic N) is 1. The first kappa shape index (κ1) is 17.2. The number of rotatable bonds is 7. The molecule has 4 heteroatoms. The largest absolute Gasteiger partial charge is 0.380 e. The number of aryl methyl sites for hydroxylation is 2. The minimum Gasteiger partial charge on any atom is -0.380 e. The van der Waals surface area contributed by atoms with E-state index in [0.29, 0.717) is 19.4 Å². The highest BCUT2D eigenvalue weighted by Gasteiger charge is 2.29. The van der Waals surface area contributed by atoms with Crippen molar-refractivity contribution >= 4 is 5.91 Å².